The quantitative estimate of drug-likeness (QED) is 0.796. The van der Waals surface area contributed by atoms with Crippen LogP contribution >= 0.6 is 0 Å². The minimum atomic E-state index is -0.358. The van der Waals surface area contributed by atoms with Gasteiger partial charge in [-0.3, -0.25) is 0 Å². The molecule has 0 aromatic carbocycles. The van der Waals surface area contributed by atoms with Gasteiger partial charge in [-0.25, -0.2) is 0 Å². The van der Waals surface area contributed by atoms with E-state index in [1.807, 2.05) is 0 Å². The van der Waals surface area contributed by atoms with Crippen LogP contribution in [0.2, 0.25) is 0 Å². The number of rotatable bonds is 4. The summed E-state index contributed by atoms with van der Waals surface area (Å²) in [6.07, 6.45) is 3.70. The fraction of sp³-hybridized carbons (Fsp3) is 0.923. The molecule has 1 N–H and O–H groups in total. The van der Waals surface area contributed by atoms with Gasteiger partial charge in [-0.1, -0.05) is 13.8 Å². The van der Waals surface area contributed by atoms with Gasteiger partial charge in [0.25, 0.3) is 0 Å². The van der Waals surface area contributed by atoms with Crippen molar-refractivity contribution in [3.63, 3.8) is 0 Å². The zero-order valence-corrected chi connectivity index (χ0v) is 10.5. The van der Waals surface area contributed by atoms with Gasteiger partial charge in [0.05, 0.1) is 18.3 Å². The zero-order chi connectivity index (χ0) is 12.0. The summed E-state index contributed by atoms with van der Waals surface area (Å²) in [5, 5.41) is 9.60. The van der Waals surface area contributed by atoms with E-state index in [2.05, 4.69) is 13.8 Å². The average Bonchev–Trinajstić information content (AvgIpc) is 2.70. The Kier molecular flexibility index (Phi) is 2.87. The highest BCUT2D eigenvalue weighted by Gasteiger charge is 2.62. The van der Waals surface area contributed by atoms with Crippen molar-refractivity contribution in [2.75, 3.05) is 6.61 Å². The standard InChI is InChI=1S/C13H22O3/c1-9(15)4-5-10-12(2,3)11-6-7-13(10,8-14)16-11/h10-11,14H,4-8H2,1-3H3/t10-,11+,13+/m0/s1. The van der Waals surface area contributed by atoms with Crippen LogP contribution < -0.4 is 0 Å². The molecule has 0 spiro atoms. The molecule has 92 valence electrons. The van der Waals surface area contributed by atoms with Crippen molar-refractivity contribution in [1.82, 2.24) is 0 Å². The highest BCUT2D eigenvalue weighted by Crippen LogP contribution is 2.59. The van der Waals surface area contributed by atoms with Gasteiger partial charge in [0.1, 0.15) is 5.78 Å². The van der Waals surface area contributed by atoms with E-state index < -0.39 is 0 Å². The number of hydrogen-bond acceptors (Lipinski definition) is 3. The maximum absolute atomic E-state index is 11.1. The van der Waals surface area contributed by atoms with Crippen molar-refractivity contribution < 1.29 is 14.6 Å². The van der Waals surface area contributed by atoms with Crippen molar-refractivity contribution in [3.8, 4) is 0 Å². The third kappa shape index (κ3) is 1.61. The Bertz CT molecular complexity index is 298. The molecule has 3 heteroatoms. The predicted molar refractivity (Wildman–Crippen MR) is 61.1 cm³/mol. The molecule has 16 heavy (non-hydrogen) atoms. The first kappa shape index (κ1) is 12.1. The van der Waals surface area contributed by atoms with Crippen molar-refractivity contribution in [2.24, 2.45) is 11.3 Å². The van der Waals surface area contributed by atoms with E-state index in [4.69, 9.17) is 4.74 Å². The van der Waals surface area contributed by atoms with E-state index in [0.29, 0.717) is 12.3 Å². The van der Waals surface area contributed by atoms with Crippen LogP contribution in [-0.4, -0.2) is 29.2 Å². The number of fused-ring (bicyclic) bond motifs is 2. The van der Waals surface area contributed by atoms with Gasteiger partial charge >= 0.3 is 0 Å². The van der Waals surface area contributed by atoms with Crippen LogP contribution in [0.4, 0.5) is 0 Å². The molecule has 0 amide bonds. The number of carbonyl (C=O) groups is 1. The Morgan fingerprint density at radius 3 is 2.75 bits per heavy atom. The molecule has 0 aliphatic carbocycles. The molecule has 2 aliphatic rings. The van der Waals surface area contributed by atoms with Gasteiger partial charge in [0, 0.05) is 6.42 Å². The molecule has 3 nitrogen and oxygen atoms in total. The Morgan fingerprint density at radius 1 is 1.50 bits per heavy atom. The van der Waals surface area contributed by atoms with E-state index in [0.717, 1.165) is 19.3 Å². The fourth-order valence-electron chi connectivity index (χ4n) is 3.67. The fourth-order valence-corrected chi connectivity index (χ4v) is 3.67. The second-order valence-corrected chi connectivity index (χ2v) is 5.98. The van der Waals surface area contributed by atoms with Gasteiger partial charge in [0.15, 0.2) is 0 Å². The first-order chi connectivity index (χ1) is 7.42. The number of aliphatic hydroxyl groups excluding tert-OH is 1. The summed E-state index contributed by atoms with van der Waals surface area (Å²) >= 11 is 0. The molecular formula is C13H22O3. The second-order valence-electron chi connectivity index (χ2n) is 5.98. The number of hydrogen-bond donors (Lipinski definition) is 1. The maximum atomic E-state index is 11.1. The second kappa shape index (κ2) is 3.81. The van der Waals surface area contributed by atoms with Crippen LogP contribution in [0.3, 0.4) is 0 Å². The van der Waals surface area contributed by atoms with Crippen molar-refractivity contribution in [2.45, 2.75) is 58.2 Å². The van der Waals surface area contributed by atoms with Crippen LogP contribution in [0, 0.1) is 11.3 Å². The minimum absolute atomic E-state index is 0.0928. The molecule has 3 atom stereocenters. The van der Waals surface area contributed by atoms with Gasteiger partial charge in [-0.05, 0) is 37.5 Å². The largest absolute Gasteiger partial charge is 0.393 e. The molecule has 2 rings (SSSR count). The topological polar surface area (TPSA) is 46.5 Å². The normalized spacial score (nSPS) is 40.2. The van der Waals surface area contributed by atoms with Gasteiger partial charge < -0.3 is 14.6 Å². The summed E-state index contributed by atoms with van der Waals surface area (Å²) in [5.41, 5.74) is -0.264. The van der Waals surface area contributed by atoms with Crippen LogP contribution in [0.25, 0.3) is 0 Å². The van der Waals surface area contributed by atoms with E-state index in [1.54, 1.807) is 6.92 Å². The minimum Gasteiger partial charge on any atom is -0.393 e. The van der Waals surface area contributed by atoms with Crippen LogP contribution in [0.15, 0.2) is 0 Å². The van der Waals surface area contributed by atoms with E-state index >= 15 is 0 Å². The Labute approximate surface area is 97.2 Å². The van der Waals surface area contributed by atoms with Crippen molar-refractivity contribution in [3.05, 3.63) is 0 Å². The highest BCUT2D eigenvalue weighted by atomic mass is 16.5. The summed E-state index contributed by atoms with van der Waals surface area (Å²) < 4.78 is 6.01. The summed E-state index contributed by atoms with van der Waals surface area (Å²) in [6, 6.07) is 0. The zero-order valence-electron chi connectivity index (χ0n) is 10.5. The third-order valence-electron chi connectivity index (χ3n) is 4.62. The number of carbonyl (C=O) groups excluding carboxylic acids is 1. The third-order valence-corrected chi connectivity index (χ3v) is 4.62. The Balaban J connectivity index is 2.16. The van der Waals surface area contributed by atoms with E-state index in [-0.39, 0.29) is 29.5 Å². The highest BCUT2D eigenvalue weighted by molar-refractivity contribution is 5.75. The smallest absolute Gasteiger partial charge is 0.129 e. The first-order valence-electron chi connectivity index (χ1n) is 6.20. The molecule has 0 saturated carbocycles. The molecule has 0 aromatic rings. The molecule has 2 aliphatic heterocycles. The van der Waals surface area contributed by atoms with Crippen LogP contribution in [0.1, 0.15) is 46.5 Å². The summed E-state index contributed by atoms with van der Waals surface area (Å²) in [6.45, 7) is 6.14. The van der Waals surface area contributed by atoms with Gasteiger partial charge in [-0.2, -0.15) is 0 Å². The van der Waals surface area contributed by atoms with Gasteiger partial charge in [0.2, 0.25) is 0 Å². The van der Waals surface area contributed by atoms with Crippen molar-refractivity contribution >= 4 is 5.78 Å². The molecule has 2 bridgehead atoms. The molecule has 0 aromatic heterocycles. The monoisotopic (exact) mass is 226 g/mol. The lowest BCUT2D eigenvalue weighted by atomic mass is 9.62. The number of ether oxygens (including phenoxy) is 1. The molecule has 2 heterocycles. The summed E-state index contributed by atoms with van der Waals surface area (Å²) in [4.78, 5) is 11.1. The average molecular weight is 226 g/mol. The lowest BCUT2D eigenvalue weighted by molar-refractivity contribution is -0.118. The summed E-state index contributed by atoms with van der Waals surface area (Å²) in [7, 11) is 0. The maximum Gasteiger partial charge on any atom is 0.129 e. The SMILES string of the molecule is CC(=O)CC[C@H]1C(C)(C)[C@H]2CC[C@]1(CO)O2. The number of Topliss-reactive ketones (excluding diaryl/α,β-unsaturated/α-hetero) is 1. The molecule has 0 radical (unpaired) electrons. The Morgan fingerprint density at radius 2 is 2.19 bits per heavy atom. The lowest BCUT2D eigenvalue weighted by Crippen LogP contribution is -2.44. The lowest BCUT2D eigenvalue weighted by Gasteiger charge is -2.40. The molecule has 0 unspecified atom stereocenters. The van der Waals surface area contributed by atoms with Gasteiger partial charge in [-0.15, -0.1) is 0 Å². The van der Waals surface area contributed by atoms with Crippen LogP contribution in [-0.2, 0) is 9.53 Å². The molecule has 2 fully saturated rings. The van der Waals surface area contributed by atoms with Crippen molar-refractivity contribution in [1.29, 1.82) is 0 Å². The summed E-state index contributed by atoms with van der Waals surface area (Å²) in [5.74, 6) is 0.541. The Hall–Kier alpha value is -0.410. The molecular weight excluding hydrogens is 204 g/mol. The van der Waals surface area contributed by atoms with Crippen LogP contribution in [0.5, 0.6) is 0 Å². The number of ketones is 1. The molecule has 2 saturated heterocycles. The van der Waals surface area contributed by atoms with E-state index in [9.17, 15) is 9.90 Å². The number of aliphatic hydroxyl groups is 1. The first-order valence-corrected chi connectivity index (χ1v) is 6.20. The predicted octanol–water partition coefficient (Wildman–Crippen LogP) is 1.92. The van der Waals surface area contributed by atoms with E-state index in [1.165, 1.54) is 0 Å².